The molecule has 0 unspecified atom stereocenters. The molecule has 0 atom stereocenters. The highest BCUT2D eigenvalue weighted by molar-refractivity contribution is 7.25. The average Bonchev–Trinajstić information content (AvgIpc) is 2.86. The number of hydrogen-bond acceptors (Lipinski definition) is 1. The fraction of sp³-hybridized carbons (Fsp3) is 0. The van der Waals surface area contributed by atoms with E-state index >= 15 is 0 Å². The molecule has 19 heavy (non-hydrogen) atoms. The third-order valence-corrected chi connectivity index (χ3v) is 4.43. The maximum absolute atomic E-state index is 3.16. The molecule has 0 aliphatic heterocycles. The first-order valence-electron chi connectivity index (χ1n) is 6.14. The van der Waals surface area contributed by atoms with Crippen LogP contribution in [0.1, 0.15) is 0 Å². The minimum Gasteiger partial charge on any atom is -0.135 e. The van der Waals surface area contributed by atoms with Gasteiger partial charge in [0, 0.05) is 20.2 Å². The first kappa shape index (κ1) is 10.8. The summed E-state index contributed by atoms with van der Waals surface area (Å²) >= 11 is 1.84. The van der Waals surface area contributed by atoms with Crippen molar-refractivity contribution in [2.24, 2.45) is 0 Å². The van der Waals surface area contributed by atoms with Crippen molar-refractivity contribution < 1.29 is 0 Å². The summed E-state index contributed by atoms with van der Waals surface area (Å²) in [5.74, 6) is 0. The summed E-state index contributed by atoms with van der Waals surface area (Å²) in [6.45, 7) is 0. The van der Waals surface area contributed by atoms with Gasteiger partial charge in [-0.05, 0) is 41.5 Å². The second-order valence-electron chi connectivity index (χ2n) is 4.42. The molecule has 4 rings (SSSR count). The zero-order valence-corrected chi connectivity index (χ0v) is 10.9. The molecule has 3 radical (unpaired) electrons. The molecule has 3 aromatic carbocycles. The molecule has 0 aliphatic rings. The maximum atomic E-state index is 3.16. The Morgan fingerprint density at radius 1 is 0.842 bits per heavy atom. The van der Waals surface area contributed by atoms with E-state index in [-0.39, 0.29) is 0 Å². The van der Waals surface area contributed by atoms with Crippen LogP contribution in [0.3, 0.4) is 0 Å². The van der Waals surface area contributed by atoms with Crippen LogP contribution in [0.15, 0.2) is 54.6 Å². The topological polar surface area (TPSA) is 0 Å². The third-order valence-electron chi connectivity index (χ3n) is 3.30. The zero-order valence-electron chi connectivity index (χ0n) is 10.1. The van der Waals surface area contributed by atoms with Crippen LogP contribution < -0.4 is 0 Å². The van der Waals surface area contributed by atoms with Crippen molar-refractivity contribution in [1.82, 2.24) is 0 Å². The zero-order chi connectivity index (χ0) is 12.7. The lowest BCUT2D eigenvalue weighted by Crippen LogP contribution is -1.79. The van der Waals surface area contributed by atoms with Gasteiger partial charge in [-0.15, -0.1) is 11.3 Å². The molecule has 0 saturated carbocycles. The summed E-state index contributed by atoms with van der Waals surface area (Å²) in [6, 6.07) is 27.9. The van der Waals surface area contributed by atoms with Gasteiger partial charge in [0.1, 0.15) is 0 Å². The van der Waals surface area contributed by atoms with E-state index in [1.807, 2.05) is 23.5 Å². The predicted molar refractivity (Wildman–Crippen MR) is 81.3 cm³/mol. The fourth-order valence-corrected chi connectivity index (χ4v) is 3.60. The van der Waals surface area contributed by atoms with E-state index in [1.165, 1.54) is 25.7 Å². The van der Waals surface area contributed by atoms with Crippen molar-refractivity contribution in [2.75, 3.05) is 0 Å². The summed E-state index contributed by atoms with van der Waals surface area (Å²) in [4.78, 5) is 0. The Morgan fingerprint density at radius 2 is 1.74 bits per heavy atom. The Kier molecular flexibility index (Phi) is 2.39. The van der Waals surface area contributed by atoms with Crippen molar-refractivity contribution in [3.8, 4) is 11.1 Å². The molecular formula is C18H9S. The molecule has 0 amide bonds. The van der Waals surface area contributed by atoms with Gasteiger partial charge >= 0.3 is 0 Å². The number of thiophene rings is 1. The van der Waals surface area contributed by atoms with Gasteiger partial charge in [-0.2, -0.15) is 0 Å². The van der Waals surface area contributed by atoms with E-state index in [4.69, 9.17) is 0 Å². The van der Waals surface area contributed by atoms with Crippen molar-refractivity contribution in [3.05, 3.63) is 72.8 Å². The molecule has 87 valence electrons. The van der Waals surface area contributed by atoms with Crippen LogP contribution >= 0.6 is 11.3 Å². The molecule has 0 bridgehead atoms. The highest BCUT2D eigenvalue weighted by atomic mass is 32.1. The summed E-state index contributed by atoms with van der Waals surface area (Å²) in [7, 11) is 0. The van der Waals surface area contributed by atoms with Crippen molar-refractivity contribution in [1.29, 1.82) is 0 Å². The van der Waals surface area contributed by atoms with E-state index in [0.717, 1.165) is 5.56 Å². The molecule has 1 heteroatoms. The van der Waals surface area contributed by atoms with Gasteiger partial charge < -0.3 is 0 Å². The van der Waals surface area contributed by atoms with E-state index in [1.54, 1.807) is 0 Å². The third kappa shape index (κ3) is 1.66. The van der Waals surface area contributed by atoms with Gasteiger partial charge in [-0.25, -0.2) is 0 Å². The molecule has 0 saturated heterocycles. The second-order valence-corrected chi connectivity index (χ2v) is 5.50. The van der Waals surface area contributed by atoms with Crippen LogP contribution in [0.4, 0.5) is 0 Å². The lowest BCUT2D eigenvalue weighted by atomic mass is 10.00. The molecule has 0 spiro atoms. The summed E-state index contributed by atoms with van der Waals surface area (Å²) in [5.41, 5.74) is 2.30. The lowest BCUT2D eigenvalue weighted by Gasteiger charge is -2.03. The summed E-state index contributed by atoms with van der Waals surface area (Å²) < 4.78 is 2.65. The first-order chi connectivity index (χ1) is 9.43. The molecule has 1 heterocycles. The Balaban J connectivity index is 2.17. The second kappa shape index (κ2) is 4.22. The largest absolute Gasteiger partial charge is 0.135 e. The van der Waals surface area contributed by atoms with Crippen LogP contribution in [0, 0.1) is 18.2 Å². The number of rotatable bonds is 1. The monoisotopic (exact) mass is 257 g/mol. The minimum absolute atomic E-state index is 1.08. The minimum atomic E-state index is 1.08. The molecule has 1 aromatic heterocycles. The summed E-state index contributed by atoms with van der Waals surface area (Å²) in [5, 5.41) is 2.64. The van der Waals surface area contributed by atoms with Crippen LogP contribution in [0.25, 0.3) is 31.3 Å². The van der Waals surface area contributed by atoms with Crippen molar-refractivity contribution >= 4 is 31.5 Å². The average molecular weight is 257 g/mol. The lowest BCUT2D eigenvalue weighted by molar-refractivity contribution is 1.63. The van der Waals surface area contributed by atoms with Crippen LogP contribution in [-0.2, 0) is 0 Å². The molecule has 0 nitrogen and oxygen atoms in total. The Bertz CT molecular complexity index is 857. The van der Waals surface area contributed by atoms with Crippen LogP contribution in [-0.4, -0.2) is 0 Å². The van der Waals surface area contributed by atoms with E-state index in [0.29, 0.717) is 0 Å². The van der Waals surface area contributed by atoms with Gasteiger partial charge in [-0.1, -0.05) is 42.5 Å². The molecule has 0 aliphatic carbocycles. The van der Waals surface area contributed by atoms with Crippen LogP contribution in [0.2, 0.25) is 0 Å². The van der Waals surface area contributed by atoms with Gasteiger partial charge in [-0.3, -0.25) is 0 Å². The molecule has 0 N–H and O–H groups in total. The van der Waals surface area contributed by atoms with E-state index < -0.39 is 0 Å². The number of fused-ring (bicyclic) bond motifs is 3. The normalized spacial score (nSPS) is 11.2. The fourth-order valence-electron chi connectivity index (χ4n) is 2.47. The Morgan fingerprint density at radius 3 is 2.63 bits per heavy atom. The van der Waals surface area contributed by atoms with Crippen molar-refractivity contribution in [3.63, 3.8) is 0 Å². The number of hydrogen-bond donors (Lipinski definition) is 0. The van der Waals surface area contributed by atoms with Gasteiger partial charge in [0.05, 0.1) is 0 Å². The Hall–Kier alpha value is -2.12. The van der Waals surface area contributed by atoms with Crippen molar-refractivity contribution in [2.45, 2.75) is 0 Å². The molecule has 4 aromatic rings. The van der Waals surface area contributed by atoms with Crippen LogP contribution in [0.5, 0.6) is 0 Å². The van der Waals surface area contributed by atoms with Gasteiger partial charge in [0.15, 0.2) is 0 Å². The van der Waals surface area contributed by atoms with E-state index in [2.05, 4.69) is 60.7 Å². The smallest absolute Gasteiger partial charge is 0.0361 e. The van der Waals surface area contributed by atoms with E-state index in [9.17, 15) is 0 Å². The van der Waals surface area contributed by atoms with Gasteiger partial charge in [0.25, 0.3) is 0 Å². The predicted octanol–water partition coefficient (Wildman–Crippen LogP) is 5.12. The molecule has 0 fully saturated rings. The summed E-state index contributed by atoms with van der Waals surface area (Å²) in [6.07, 6.45) is 0. The Labute approximate surface area is 115 Å². The first-order valence-corrected chi connectivity index (χ1v) is 6.96. The highest BCUT2D eigenvalue weighted by Crippen LogP contribution is 2.39. The molecular weight excluding hydrogens is 248 g/mol. The maximum Gasteiger partial charge on any atom is 0.0361 e. The number of benzene rings is 3. The standard InChI is InChI=1S/C18H9S/c1-2-7-13(8-3-1)14-10-6-12-17-18(14)15-9-4-5-11-16(15)19-17/h2,4-7,9-12H. The highest BCUT2D eigenvalue weighted by Gasteiger charge is 2.09. The SMILES string of the molecule is [c]1[c]ccc(-c2cccc3sc4ccccc4c23)[c]1. The quantitative estimate of drug-likeness (QED) is 0.444. The van der Waals surface area contributed by atoms with Gasteiger partial charge in [0.2, 0.25) is 0 Å².